The van der Waals surface area contributed by atoms with Gasteiger partial charge in [-0.3, -0.25) is 4.90 Å². The lowest BCUT2D eigenvalue weighted by molar-refractivity contribution is 0.166. The second kappa shape index (κ2) is 4.32. The molecule has 2 atom stereocenters. The Morgan fingerprint density at radius 2 is 2.22 bits per heavy atom. The van der Waals surface area contributed by atoms with Crippen LogP contribution in [0.4, 0.5) is 0 Å². The van der Waals surface area contributed by atoms with Gasteiger partial charge >= 0.3 is 0 Å². The lowest BCUT2D eigenvalue weighted by Crippen LogP contribution is -2.44. The SMILES string of the molecule is COc1cccc2c1OC[C@H]1C2=C[C@@H](C)CN1C. The number of hydrogen-bond acceptors (Lipinski definition) is 3. The molecule has 3 heteroatoms. The zero-order chi connectivity index (χ0) is 12.7. The number of ether oxygens (including phenoxy) is 2. The second-order valence-corrected chi connectivity index (χ2v) is 5.20. The largest absolute Gasteiger partial charge is 0.493 e. The molecule has 2 heterocycles. The maximum absolute atomic E-state index is 5.91. The Labute approximate surface area is 108 Å². The molecule has 0 aromatic heterocycles. The van der Waals surface area contributed by atoms with E-state index in [1.54, 1.807) is 7.11 Å². The molecule has 1 aromatic carbocycles. The van der Waals surface area contributed by atoms with E-state index in [0.29, 0.717) is 18.6 Å². The molecule has 18 heavy (non-hydrogen) atoms. The molecule has 0 aliphatic carbocycles. The molecule has 3 nitrogen and oxygen atoms in total. The van der Waals surface area contributed by atoms with Crippen molar-refractivity contribution in [1.29, 1.82) is 0 Å². The first kappa shape index (κ1) is 11.6. The summed E-state index contributed by atoms with van der Waals surface area (Å²) in [6.07, 6.45) is 2.38. The molecule has 0 saturated heterocycles. The summed E-state index contributed by atoms with van der Waals surface area (Å²) in [7, 11) is 3.86. The van der Waals surface area contributed by atoms with E-state index in [1.165, 1.54) is 11.1 Å². The molecule has 96 valence electrons. The molecule has 0 N–H and O–H groups in total. The third-order valence-corrected chi connectivity index (χ3v) is 3.83. The van der Waals surface area contributed by atoms with Gasteiger partial charge in [0.2, 0.25) is 0 Å². The van der Waals surface area contributed by atoms with Crippen molar-refractivity contribution < 1.29 is 9.47 Å². The van der Waals surface area contributed by atoms with Crippen molar-refractivity contribution in [1.82, 2.24) is 4.90 Å². The van der Waals surface area contributed by atoms with Gasteiger partial charge in [0.1, 0.15) is 6.61 Å². The van der Waals surface area contributed by atoms with E-state index < -0.39 is 0 Å². The van der Waals surface area contributed by atoms with Crippen molar-refractivity contribution >= 4 is 5.57 Å². The van der Waals surface area contributed by atoms with Crippen molar-refractivity contribution in [2.45, 2.75) is 13.0 Å². The molecule has 2 aliphatic heterocycles. The predicted molar refractivity (Wildman–Crippen MR) is 72.0 cm³/mol. The second-order valence-electron chi connectivity index (χ2n) is 5.20. The summed E-state index contributed by atoms with van der Waals surface area (Å²) in [4.78, 5) is 2.38. The van der Waals surface area contributed by atoms with Crippen LogP contribution in [0.2, 0.25) is 0 Å². The highest BCUT2D eigenvalue weighted by Gasteiger charge is 2.33. The predicted octanol–water partition coefficient (Wildman–Crippen LogP) is 2.42. The minimum atomic E-state index is 0.376. The molecular weight excluding hydrogens is 226 g/mol. The monoisotopic (exact) mass is 245 g/mol. The van der Waals surface area contributed by atoms with Crippen LogP contribution in [0, 0.1) is 5.92 Å². The molecule has 0 fully saturated rings. The van der Waals surface area contributed by atoms with E-state index in [-0.39, 0.29) is 0 Å². The smallest absolute Gasteiger partial charge is 0.168 e. The Kier molecular flexibility index (Phi) is 2.78. The first-order chi connectivity index (χ1) is 8.70. The first-order valence-electron chi connectivity index (χ1n) is 6.43. The summed E-state index contributed by atoms with van der Waals surface area (Å²) < 4.78 is 11.3. The zero-order valence-corrected chi connectivity index (χ0v) is 11.1. The normalized spacial score (nSPS) is 26.7. The van der Waals surface area contributed by atoms with Gasteiger partial charge in [-0.2, -0.15) is 0 Å². The van der Waals surface area contributed by atoms with Gasteiger partial charge in [0.05, 0.1) is 13.2 Å². The van der Waals surface area contributed by atoms with E-state index in [4.69, 9.17) is 9.47 Å². The highest BCUT2D eigenvalue weighted by Crippen LogP contribution is 2.42. The fourth-order valence-corrected chi connectivity index (χ4v) is 2.99. The van der Waals surface area contributed by atoms with E-state index in [1.807, 2.05) is 12.1 Å². The summed E-state index contributed by atoms with van der Waals surface area (Å²) in [5.41, 5.74) is 2.57. The molecular formula is C15H19NO2. The third-order valence-electron chi connectivity index (χ3n) is 3.83. The van der Waals surface area contributed by atoms with E-state index in [2.05, 4.69) is 31.0 Å². The van der Waals surface area contributed by atoms with E-state index in [0.717, 1.165) is 18.0 Å². The van der Waals surface area contributed by atoms with Gasteiger partial charge in [-0.1, -0.05) is 25.1 Å². The molecule has 0 bridgehead atoms. The summed E-state index contributed by atoms with van der Waals surface area (Å²) in [6.45, 7) is 4.06. The minimum absolute atomic E-state index is 0.376. The number of hydrogen-bond donors (Lipinski definition) is 0. The molecule has 0 unspecified atom stereocenters. The van der Waals surface area contributed by atoms with E-state index in [9.17, 15) is 0 Å². The Hall–Kier alpha value is -1.48. The Bertz CT molecular complexity index is 495. The Morgan fingerprint density at radius 1 is 1.39 bits per heavy atom. The topological polar surface area (TPSA) is 21.7 Å². The maximum atomic E-state index is 5.91. The maximum Gasteiger partial charge on any atom is 0.168 e. The van der Waals surface area contributed by atoms with Crippen molar-refractivity contribution in [2.24, 2.45) is 5.92 Å². The zero-order valence-electron chi connectivity index (χ0n) is 11.1. The number of methoxy groups -OCH3 is 1. The van der Waals surface area contributed by atoms with Crippen molar-refractivity contribution in [2.75, 3.05) is 27.3 Å². The number of para-hydroxylation sites is 1. The van der Waals surface area contributed by atoms with Crippen molar-refractivity contribution in [3.05, 3.63) is 29.8 Å². The number of fused-ring (bicyclic) bond motifs is 3. The minimum Gasteiger partial charge on any atom is -0.493 e. The van der Waals surface area contributed by atoms with Crippen LogP contribution < -0.4 is 9.47 Å². The molecule has 0 amide bonds. The molecule has 3 rings (SSSR count). The van der Waals surface area contributed by atoms with Gasteiger partial charge < -0.3 is 9.47 Å². The fourth-order valence-electron chi connectivity index (χ4n) is 2.99. The van der Waals surface area contributed by atoms with Crippen LogP contribution in [-0.4, -0.2) is 38.3 Å². The molecule has 2 aliphatic rings. The summed E-state index contributed by atoms with van der Waals surface area (Å²) in [6, 6.07) is 6.49. The molecule has 0 spiro atoms. The van der Waals surface area contributed by atoms with Gasteiger partial charge in [0.15, 0.2) is 11.5 Å². The number of rotatable bonds is 1. The van der Waals surface area contributed by atoms with Gasteiger partial charge in [-0.15, -0.1) is 0 Å². The summed E-state index contributed by atoms with van der Waals surface area (Å²) in [5, 5.41) is 0. The fraction of sp³-hybridized carbons (Fsp3) is 0.467. The van der Waals surface area contributed by atoms with Gasteiger partial charge in [0, 0.05) is 12.1 Å². The number of likely N-dealkylation sites (N-methyl/N-ethyl adjacent to an activating group) is 1. The average Bonchev–Trinajstić information content (AvgIpc) is 2.37. The van der Waals surface area contributed by atoms with Crippen LogP contribution in [0.15, 0.2) is 24.3 Å². The lowest BCUT2D eigenvalue weighted by atomic mass is 9.88. The van der Waals surface area contributed by atoms with E-state index >= 15 is 0 Å². The summed E-state index contributed by atoms with van der Waals surface area (Å²) in [5.74, 6) is 2.30. The van der Waals surface area contributed by atoms with Gasteiger partial charge in [-0.05, 0) is 24.6 Å². The molecule has 0 radical (unpaired) electrons. The standard InChI is InChI=1S/C15H19NO2/c1-10-7-12-11-5-4-6-14(17-3)15(11)18-9-13(12)16(2)8-10/h4-7,10,13H,8-9H2,1-3H3/t10-,13+/m1/s1. The van der Waals surface area contributed by atoms with Crippen LogP contribution in [-0.2, 0) is 0 Å². The molecule has 0 saturated carbocycles. The number of benzene rings is 1. The van der Waals surface area contributed by atoms with Gasteiger partial charge in [-0.25, -0.2) is 0 Å². The highest BCUT2D eigenvalue weighted by atomic mass is 16.5. The van der Waals surface area contributed by atoms with Crippen LogP contribution >= 0.6 is 0 Å². The van der Waals surface area contributed by atoms with Crippen LogP contribution in [0.3, 0.4) is 0 Å². The van der Waals surface area contributed by atoms with Crippen molar-refractivity contribution in [3.8, 4) is 11.5 Å². The average molecular weight is 245 g/mol. The first-order valence-corrected chi connectivity index (χ1v) is 6.43. The Balaban J connectivity index is 2.12. The van der Waals surface area contributed by atoms with Crippen LogP contribution in [0.1, 0.15) is 12.5 Å². The lowest BCUT2D eigenvalue weighted by Gasteiger charge is -2.39. The van der Waals surface area contributed by atoms with Crippen molar-refractivity contribution in [3.63, 3.8) is 0 Å². The third kappa shape index (κ3) is 1.70. The van der Waals surface area contributed by atoms with Crippen LogP contribution in [0.5, 0.6) is 11.5 Å². The van der Waals surface area contributed by atoms with Crippen LogP contribution in [0.25, 0.3) is 5.57 Å². The highest BCUT2D eigenvalue weighted by molar-refractivity contribution is 5.78. The number of nitrogens with zero attached hydrogens (tertiary/aromatic N) is 1. The van der Waals surface area contributed by atoms with Gasteiger partial charge in [0.25, 0.3) is 0 Å². The summed E-state index contributed by atoms with van der Waals surface area (Å²) >= 11 is 0. The molecule has 1 aromatic rings. The Morgan fingerprint density at radius 3 is 3.00 bits per heavy atom. The quantitative estimate of drug-likeness (QED) is 0.758.